The average molecular weight is 210 g/mol. The molecule has 82 valence electrons. The Balaban J connectivity index is 2.27. The van der Waals surface area contributed by atoms with Crippen LogP contribution in [0.15, 0.2) is 0 Å². The number of likely N-dealkylation sites (tertiary alicyclic amines) is 1. The van der Waals surface area contributed by atoms with E-state index < -0.39 is 11.9 Å². The van der Waals surface area contributed by atoms with Gasteiger partial charge < -0.3 is 15.3 Å². The van der Waals surface area contributed by atoms with Gasteiger partial charge in [0.2, 0.25) is 0 Å². The van der Waals surface area contributed by atoms with Crippen molar-refractivity contribution in [1.29, 1.82) is 0 Å². The Hall–Kier alpha value is -1.70. The third kappa shape index (κ3) is 2.88. The number of urea groups is 1. The maximum Gasteiger partial charge on any atom is 0.317 e. The molecule has 0 spiro atoms. The fraction of sp³-hybridized carbons (Fsp3) is 0.600. The molecule has 0 aromatic rings. The zero-order valence-electron chi connectivity index (χ0n) is 8.56. The first-order chi connectivity index (χ1) is 7.04. The number of aliphatic carboxylic acids is 1. The topological polar surface area (TPSA) is 69.6 Å². The summed E-state index contributed by atoms with van der Waals surface area (Å²) in [6.45, 7) is 2.38. The van der Waals surface area contributed by atoms with E-state index in [-0.39, 0.29) is 25.2 Å². The molecule has 5 nitrogen and oxygen atoms in total. The minimum Gasteiger partial charge on any atom is -0.481 e. The number of amides is 2. The lowest BCUT2D eigenvalue weighted by atomic mass is 10.0. The molecule has 5 heteroatoms. The van der Waals surface area contributed by atoms with Gasteiger partial charge in [0.1, 0.15) is 0 Å². The summed E-state index contributed by atoms with van der Waals surface area (Å²) in [6, 6.07) is -0.318. The molecule has 0 aliphatic carbocycles. The summed E-state index contributed by atoms with van der Waals surface area (Å²) in [5.74, 6) is 1.18. The maximum atomic E-state index is 11.4. The van der Waals surface area contributed by atoms with Crippen LogP contribution in [0.25, 0.3) is 0 Å². The second-order valence-corrected chi connectivity index (χ2v) is 3.70. The summed E-state index contributed by atoms with van der Waals surface area (Å²) in [5, 5.41) is 11.3. The minimum absolute atomic E-state index is 0.0774. The second-order valence-electron chi connectivity index (χ2n) is 3.70. The van der Waals surface area contributed by atoms with Crippen LogP contribution in [0.5, 0.6) is 0 Å². The van der Waals surface area contributed by atoms with Crippen LogP contribution < -0.4 is 5.32 Å². The fourth-order valence-corrected chi connectivity index (χ4v) is 1.33. The number of nitrogens with one attached hydrogen (secondary N) is 1. The van der Waals surface area contributed by atoms with Crippen molar-refractivity contribution in [2.75, 3.05) is 13.1 Å². The van der Waals surface area contributed by atoms with E-state index in [9.17, 15) is 9.59 Å². The van der Waals surface area contributed by atoms with Gasteiger partial charge in [0, 0.05) is 25.6 Å². The molecular weight excluding hydrogens is 196 g/mol. The van der Waals surface area contributed by atoms with E-state index in [0.29, 0.717) is 6.42 Å². The Kier molecular flexibility index (Phi) is 3.56. The largest absolute Gasteiger partial charge is 0.481 e. The predicted octanol–water partition coefficient (Wildman–Crippen LogP) is 0.124. The molecule has 2 amide bonds. The van der Waals surface area contributed by atoms with Gasteiger partial charge in [0.05, 0.1) is 5.92 Å². The SMILES string of the molecule is C#CCC(C)NC(=O)N1CC(C(=O)O)C1. The molecule has 1 atom stereocenters. The highest BCUT2D eigenvalue weighted by molar-refractivity contribution is 5.79. The van der Waals surface area contributed by atoms with Crippen molar-refractivity contribution in [2.45, 2.75) is 19.4 Å². The van der Waals surface area contributed by atoms with Crippen LogP contribution in [-0.2, 0) is 4.79 Å². The number of carbonyl (C=O) groups excluding carboxylic acids is 1. The lowest BCUT2D eigenvalue weighted by Gasteiger charge is -2.37. The average Bonchev–Trinajstić information content (AvgIpc) is 1.99. The number of terminal acetylenes is 1. The summed E-state index contributed by atoms with van der Waals surface area (Å²) < 4.78 is 0. The molecule has 0 aromatic carbocycles. The monoisotopic (exact) mass is 210 g/mol. The fourth-order valence-electron chi connectivity index (χ4n) is 1.33. The molecule has 15 heavy (non-hydrogen) atoms. The van der Waals surface area contributed by atoms with Gasteiger partial charge in [-0.15, -0.1) is 12.3 Å². The van der Waals surface area contributed by atoms with Gasteiger partial charge in [-0.3, -0.25) is 4.79 Å². The molecule has 1 unspecified atom stereocenters. The number of rotatable bonds is 3. The van der Waals surface area contributed by atoms with Gasteiger partial charge in [-0.1, -0.05) is 0 Å². The van der Waals surface area contributed by atoms with Crippen molar-refractivity contribution in [3.05, 3.63) is 0 Å². The molecule has 1 aliphatic heterocycles. The molecule has 1 heterocycles. The van der Waals surface area contributed by atoms with Crippen LogP contribution in [0.3, 0.4) is 0 Å². The van der Waals surface area contributed by atoms with Crippen LogP contribution >= 0.6 is 0 Å². The van der Waals surface area contributed by atoms with Crippen molar-refractivity contribution < 1.29 is 14.7 Å². The van der Waals surface area contributed by atoms with Crippen LogP contribution in [0.4, 0.5) is 4.79 Å². The van der Waals surface area contributed by atoms with Crippen LogP contribution in [-0.4, -0.2) is 41.1 Å². The first-order valence-electron chi connectivity index (χ1n) is 4.76. The molecule has 0 aromatic heterocycles. The number of carbonyl (C=O) groups is 2. The van der Waals surface area contributed by atoms with Gasteiger partial charge in [0.15, 0.2) is 0 Å². The summed E-state index contributed by atoms with van der Waals surface area (Å²) in [5.41, 5.74) is 0. The third-order valence-corrected chi connectivity index (χ3v) is 2.31. The number of carboxylic acid groups (broad SMARTS) is 1. The van der Waals surface area contributed by atoms with E-state index in [1.54, 1.807) is 0 Å². The van der Waals surface area contributed by atoms with Gasteiger partial charge >= 0.3 is 12.0 Å². The quantitative estimate of drug-likeness (QED) is 0.650. The summed E-state index contributed by atoms with van der Waals surface area (Å²) in [4.78, 5) is 23.4. The number of carboxylic acids is 1. The molecule has 1 saturated heterocycles. The molecule has 1 rings (SSSR count). The van der Waals surface area contributed by atoms with E-state index in [4.69, 9.17) is 11.5 Å². The molecule has 2 N–H and O–H groups in total. The van der Waals surface area contributed by atoms with Gasteiger partial charge in [-0.25, -0.2) is 4.79 Å². The highest BCUT2D eigenvalue weighted by Crippen LogP contribution is 2.15. The van der Waals surface area contributed by atoms with Crippen molar-refractivity contribution >= 4 is 12.0 Å². The van der Waals surface area contributed by atoms with Crippen LogP contribution in [0, 0.1) is 18.3 Å². The van der Waals surface area contributed by atoms with Crippen molar-refractivity contribution in [1.82, 2.24) is 10.2 Å². The lowest BCUT2D eigenvalue weighted by Crippen LogP contribution is -2.57. The summed E-state index contributed by atoms with van der Waals surface area (Å²) in [6.07, 6.45) is 5.57. The standard InChI is InChI=1S/C10H14N2O3/c1-3-4-7(2)11-10(15)12-5-8(6-12)9(13)14/h1,7-8H,4-6H2,2H3,(H,11,15)(H,13,14). The Morgan fingerprint density at radius 2 is 2.27 bits per heavy atom. The summed E-state index contributed by atoms with van der Waals surface area (Å²) >= 11 is 0. The first kappa shape index (κ1) is 11.4. The molecule has 0 saturated carbocycles. The van der Waals surface area contributed by atoms with E-state index >= 15 is 0 Å². The summed E-state index contributed by atoms with van der Waals surface area (Å²) in [7, 11) is 0. The third-order valence-electron chi connectivity index (χ3n) is 2.31. The van der Waals surface area contributed by atoms with Crippen LogP contribution in [0.1, 0.15) is 13.3 Å². The molecular formula is C10H14N2O3. The van der Waals surface area contributed by atoms with Gasteiger partial charge in [0.25, 0.3) is 0 Å². The van der Waals surface area contributed by atoms with E-state index in [1.807, 2.05) is 6.92 Å². The van der Waals surface area contributed by atoms with Gasteiger partial charge in [-0.05, 0) is 6.92 Å². The Morgan fingerprint density at radius 1 is 1.67 bits per heavy atom. The molecule has 0 radical (unpaired) electrons. The molecule has 1 aliphatic rings. The zero-order chi connectivity index (χ0) is 11.4. The smallest absolute Gasteiger partial charge is 0.317 e. The highest BCUT2D eigenvalue weighted by atomic mass is 16.4. The molecule has 0 bridgehead atoms. The normalized spacial score (nSPS) is 17.5. The van der Waals surface area contributed by atoms with E-state index in [1.165, 1.54) is 4.90 Å². The van der Waals surface area contributed by atoms with Crippen molar-refractivity contribution in [3.63, 3.8) is 0 Å². The van der Waals surface area contributed by atoms with Gasteiger partial charge in [-0.2, -0.15) is 0 Å². The molecule has 1 fully saturated rings. The van der Waals surface area contributed by atoms with E-state index in [2.05, 4.69) is 11.2 Å². The number of nitrogens with zero attached hydrogens (tertiary/aromatic N) is 1. The van der Waals surface area contributed by atoms with Crippen LogP contribution in [0.2, 0.25) is 0 Å². The number of hydrogen-bond acceptors (Lipinski definition) is 2. The number of hydrogen-bond donors (Lipinski definition) is 2. The highest BCUT2D eigenvalue weighted by Gasteiger charge is 2.35. The predicted molar refractivity (Wildman–Crippen MR) is 54.1 cm³/mol. The Morgan fingerprint density at radius 3 is 2.73 bits per heavy atom. The Bertz CT molecular complexity index is 302. The Labute approximate surface area is 88.4 Å². The second kappa shape index (κ2) is 4.69. The van der Waals surface area contributed by atoms with E-state index in [0.717, 1.165) is 0 Å². The zero-order valence-corrected chi connectivity index (χ0v) is 8.56. The van der Waals surface area contributed by atoms with Crippen molar-refractivity contribution in [3.8, 4) is 12.3 Å². The maximum absolute atomic E-state index is 11.4. The van der Waals surface area contributed by atoms with Crippen molar-refractivity contribution in [2.24, 2.45) is 5.92 Å². The minimum atomic E-state index is -0.851. The first-order valence-corrected chi connectivity index (χ1v) is 4.76. The lowest BCUT2D eigenvalue weighted by molar-refractivity contribution is -0.146.